The van der Waals surface area contributed by atoms with Gasteiger partial charge in [-0.05, 0) is 99.5 Å². The molecule has 3 aliphatic rings. The van der Waals surface area contributed by atoms with E-state index in [1.54, 1.807) is 9.80 Å². The summed E-state index contributed by atoms with van der Waals surface area (Å²) >= 11 is 0. The van der Waals surface area contributed by atoms with E-state index in [9.17, 15) is 9.59 Å². The summed E-state index contributed by atoms with van der Waals surface area (Å²) in [6.07, 6.45) is 7.93. The van der Waals surface area contributed by atoms with Crippen molar-refractivity contribution in [2.24, 2.45) is 5.92 Å². The Bertz CT molecular complexity index is 2070. The Hall–Kier alpha value is -4.80. The van der Waals surface area contributed by atoms with E-state index in [0.717, 1.165) is 30.4 Å². The second-order valence-electron chi connectivity index (χ2n) is 18.4. The van der Waals surface area contributed by atoms with Crippen LogP contribution in [-0.4, -0.2) is 113 Å². The molecule has 5 atom stereocenters. The van der Waals surface area contributed by atoms with Gasteiger partial charge in [0.25, 0.3) is 0 Å². The summed E-state index contributed by atoms with van der Waals surface area (Å²) in [5, 5.41) is 5.24. The van der Waals surface area contributed by atoms with E-state index in [2.05, 4.69) is 19.6 Å². The maximum absolute atomic E-state index is 14.0. The van der Waals surface area contributed by atoms with E-state index in [1.165, 1.54) is 12.7 Å². The van der Waals surface area contributed by atoms with Crippen LogP contribution in [0.4, 0.5) is 15.4 Å². The number of hydrogen-bond donors (Lipinski definition) is 1. The summed E-state index contributed by atoms with van der Waals surface area (Å²) in [7, 11) is 0. The topological polar surface area (TPSA) is 174 Å². The first-order valence-corrected chi connectivity index (χ1v) is 20.9. The van der Waals surface area contributed by atoms with Gasteiger partial charge >= 0.3 is 12.2 Å². The van der Waals surface area contributed by atoms with Crippen LogP contribution in [0.2, 0.25) is 0 Å². The van der Waals surface area contributed by atoms with Crippen LogP contribution in [0.5, 0.6) is 0 Å². The number of nitrogen functional groups attached to an aromatic ring is 1. The number of carbonyl (C=O) groups is 2. The highest BCUT2D eigenvalue weighted by molar-refractivity contribution is 5.99. The fourth-order valence-corrected chi connectivity index (χ4v) is 8.46. The van der Waals surface area contributed by atoms with Crippen molar-refractivity contribution < 1.29 is 33.3 Å². The molecule has 59 heavy (non-hydrogen) atoms. The minimum atomic E-state index is -0.867. The predicted molar refractivity (Wildman–Crippen MR) is 221 cm³/mol. The van der Waals surface area contributed by atoms with E-state index in [4.69, 9.17) is 34.4 Å². The monoisotopic (exact) mass is 815 g/mol. The van der Waals surface area contributed by atoms with Gasteiger partial charge in [0.1, 0.15) is 41.4 Å². The van der Waals surface area contributed by atoms with Gasteiger partial charge in [-0.3, -0.25) is 0 Å². The molecule has 2 saturated heterocycles. The molecule has 0 spiro atoms. The maximum atomic E-state index is 14.0. The highest BCUT2D eigenvalue weighted by atomic mass is 16.8. The van der Waals surface area contributed by atoms with Crippen molar-refractivity contribution in [2.45, 2.75) is 135 Å². The number of nitrogens with two attached hydrogens (primary N) is 1. The van der Waals surface area contributed by atoms with Gasteiger partial charge in [-0.25, -0.2) is 29.2 Å². The second kappa shape index (κ2) is 17.1. The minimum absolute atomic E-state index is 0.140. The number of rotatable bonds is 12. The standard InChI is InChI=1S/C43H61N9O7/c1-41(2,3)58-39(53)49(21-18-28-15-10-9-11-16-28)19-14-20-50(40(54)59-42(4,5)6)24-29-23-31(35-34(29)56-43(7,8)57-35)51-25-30(33-36(44)45-26-46-38(33)51)37-47-27-48-52(37)32-17-12-13-22-55-32/h9-11,15-16,25-27,29,31-32,34-35H,12-14,17-24H2,1-8H3,(H2,44,45,46)/t29-,31-,32?,34-,35+/m1/s1. The Kier molecular flexibility index (Phi) is 12.2. The first-order valence-electron chi connectivity index (χ1n) is 20.9. The van der Waals surface area contributed by atoms with E-state index < -0.39 is 23.1 Å². The van der Waals surface area contributed by atoms with Crippen molar-refractivity contribution in [3.8, 4) is 11.4 Å². The Balaban J connectivity index is 1.15. The van der Waals surface area contributed by atoms with Crippen molar-refractivity contribution in [3.63, 3.8) is 0 Å². The van der Waals surface area contributed by atoms with E-state index in [1.807, 2.05) is 96.6 Å². The highest BCUT2D eigenvalue weighted by Crippen LogP contribution is 2.49. The summed E-state index contributed by atoms with van der Waals surface area (Å²) in [5.41, 5.74) is 7.75. The van der Waals surface area contributed by atoms with Crippen LogP contribution >= 0.6 is 0 Å². The average Bonchev–Trinajstić information content (AvgIpc) is 3.94. The molecule has 4 aromatic rings. The number of hydrogen-bond acceptors (Lipinski definition) is 12. The van der Waals surface area contributed by atoms with Gasteiger partial charge in [-0.2, -0.15) is 5.10 Å². The normalized spacial score (nSPS) is 22.9. The number of ether oxygens (including phenoxy) is 5. The molecule has 320 valence electrons. The summed E-state index contributed by atoms with van der Waals surface area (Å²) in [6.45, 7) is 17.2. The summed E-state index contributed by atoms with van der Waals surface area (Å²) in [5.74, 6) is -0.0529. The smallest absolute Gasteiger partial charge is 0.410 e. The number of benzene rings is 1. The first kappa shape index (κ1) is 42.3. The van der Waals surface area contributed by atoms with Crippen molar-refractivity contribution in [2.75, 3.05) is 38.5 Å². The van der Waals surface area contributed by atoms with E-state index in [0.29, 0.717) is 74.7 Å². The first-order chi connectivity index (χ1) is 28.0. The van der Waals surface area contributed by atoms with Crippen LogP contribution in [0, 0.1) is 5.92 Å². The van der Waals surface area contributed by atoms with Gasteiger partial charge in [-0.15, -0.1) is 0 Å². The SMILES string of the molecule is CC(C)(C)OC(=O)N(CCCN(C[C@H]1C[C@@H](n2cc(-c3ncnn3C3CCCCO3)c3c(N)ncnc32)[C@@H]2OC(C)(C)O[C@H]12)C(=O)OC(C)(C)C)CCc1ccccc1. The zero-order valence-electron chi connectivity index (χ0n) is 35.8. The van der Waals surface area contributed by atoms with Crippen LogP contribution in [0.25, 0.3) is 22.4 Å². The predicted octanol–water partition coefficient (Wildman–Crippen LogP) is 7.16. The number of fused-ring (bicyclic) bond motifs is 2. The molecule has 7 rings (SSSR count). The third-order valence-corrected chi connectivity index (χ3v) is 10.9. The summed E-state index contributed by atoms with van der Waals surface area (Å²) in [4.78, 5) is 44.7. The van der Waals surface area contributed by atoms with Crippen LogP contribution in [0.3, 0.4) is 0 Å². The molecule has 3 fully saturated rings. The van der Waals surface area contributed by atoms with E-state index >= 15 is 0 Å². The van der Waals surface area contributed by atoms with Crippen molar-refractivity contribution in [3.05, 3.63) is 54.7 Å². The molecule has 0 radical (unpaired) electrons. The van der Waals surface area contributed by atoms with Crippen molar-refractivity contribution >= 4 is 29.0 Å². The van der Waals surface area contributed by atoms with E-state index in [-0.39, 0.29) is 36.5 Å². The van der Waals surface area contributed by atoms with Crippen molar-refractivity contribution in [1.29, 1.82) is 0 Å². The van der Waals surface area contributed by atoms with Crippen LogP contribution in [0.15, 0.2) is 49.2 Å². The summed E-state index contributed by atoms with van der Waals surface area (Å²) < 4.78 is 35.1. The number of amides is 2. The molecule has 1 aromatic carbocycles. The minimum Gasteiger partial charge on any atom is -0.444 e. The molecule has 16 nitrogen and oxygen atoms in total. The fraction of sp³-hybridized carbons (Fsp3) is 0.628. The molecule has 1 aliphatic carbocycles. The Labute approximate surface area is 346 Å². The Morgan fingerprint density at radius 3 is 2.29 bits per heavy atom. The number of nitrogens with zero attached hydrogens (tertiary/aromatic N) is 8. The molecule has 16 heteroatoms. The lowest BCUT2D eigenvalue weighted by atomic mass is 10.0. The number of anilines is 1. The lowest BCUT2D eigenvalue weighted by Crippen LogP contribution is -2.44. The molecule has 2 aliphatic heterocycles. The van der Waals surface area contributed by atoms with Crippen LogP contribution < -0.4 is 5.73 Å². The van der Waals surface area contributed by atoms with Crippen LogP contribution in [-0.2, 0) is 30.1 Å². The summed E-state index contributed by atoms with van der Waals surface area (Å²) in [6, 6.07) is 9.82. The zero-order chi connectivity index (χ0) is 42.1. The lowest BCUT2D eigenvalue weighted by Gasteiger charge is -2.32. The van der Waals surface area contributed by atoms with Crippen molar-refractivity contribution in [1.82, 2.24) is 39.1 Å². The molecule has 3 aromatic heterocycles. The fourth-order valence-electron chi connectivity index (χ4n) is 8.46. The third kappa shape index (κ3) is 9.98. The van der Waals surface area contributed by atoms with Gasteiger partial charge in [0.05, 0.1) is 17.5 Å². The molecular formula is C43H61N9O7. The third-order valence-electron chi connectivity index (χ3n) is 10.9. The van der Waals surface area contributed by atoms with Gasteiger partial charge < -0.3 is 43.8 Å². The molecular weight excluding hydrogens is 755 g/mol. The average molecular weight is 816 g/mol. The highest BCUT2D eigenvalue weighted by Gasteiger charge is 2.55. The molecule has 2 amide bonds. The Morgan fingerprint density at radius 2 is 1.59 bits per heavy atom. The quantitative estimate of drug-likeness (QED) is 0.153. The van der Waals surface area contributed by atoms with Gasteiger partial charge in [0, 0.05) is 50.5 Å². The molecule has 5 heterocycles. The largest absolute Gasteiger partial charge is 0.444 e. The van der Waals surface area contributed by atoms with Gasteiger partial charge in [0.2, 0.25) is 0 Å². The van der Waals surface area contributed by atoms with Gasteiger partial charge in [0.15, 0.2) is 17.8 Å². The molecule has 2 N–H and O–H groups in total. The molecule has 1 unspecified atom stereocenters. The van der Waals surface area contributed by atoms with Crippen LogP contribution in [0.1, 0.15) is 105 Å². The lowest BCUT2D eigenvalue weighted by molar-refractivity contribution is -0.160. The second-order valence-corrected chi connectivity index (χ2v) is 18.4. The van der Waals surface area contributed by atoms with Gasteiger partial charge in [-0.1, -0.05) is 30.3 Å². The number of carbonyl (C=O) groups excluding carboxylic acids is 2. The number of aromatic nitrogens is 6. The Morgan fingerprint density at radius 1 is 0.898 bits per heavy atom. The maximum Gasteiger partial charge on any atom is 0.410 e. The molecule has 1 saturated carbocycles. The molecule has 0 bridgehead atoms. The zero-order valence-corrected chi connectivity index (χ0v) is 35.8.